The van der Waals surface area contributed by atoms with Gasteiger partial charge in [0.1, 0.15) is 11.6 Å². The van der Waals surface area contributed by atoms with Gasteiger partial charge >= 0.3 is 12.6 Å². The summed E-state index contributed by atoms with van der Waals surface area (Å²) < 4.78 is 38.8. The van der Waals surface area contributed by atoms with Gasteiger partial charge in [-0.1, -0.05) is 37.6 Å². The Kier molecular flexibility index (Phi) is 7.40. The number of fused-ring (bicyclic) bond motifs is 1. The molecular weight excluding hydrogens is 492 g/mol. The van der Waals surface area contributed by atoms with Crippen LogP contribution < -0.4 is 9.47 Å². The molecule has 2 aromatic carbocycles. The van der Waals surface area contributed by atoms with E-state index < -0.39 is 19.2 Å². The van der Waals surface area contributed by atoms with Crippen LogP contribution in [0.5, 0.6) is 11.6 Å². The van der Waals surface area contributed by atoms with Gasteiger partial charge in [-0.25, -0.2) is 14.8 Å². The van der Waals surface area contributed by atoms with Crippen molar-refractivity contribution >= 4 is 28.5 Å². The Balaban J connectivity index is 1.77. The van der Waals surface area contributed by atoms with Gasteiger partial charge in [0.25, 0.3) is 0 Å². The SMILES string of the molecule is Cc1c(Cc2ccc(-n3ccnc3C(C)C)cc2)c(OC(F)F)nc2c(Cl)ccc(OCC(=O)O)c12. The van der Waals surface area contributed by atoms with Crippen molar-refractivity contribution in [3.63, 3.8) is 0 Å². The molecule has 36 heavy (non-hydrogen) atoms. The van der Waals surface area contributed by atoms with Crippen molar-refractivity contribution in [3.05, 3.63) is 76.3 Å². The Morgan fingerprint density at radius 3 is 2.53 bits per heavy atom. The maximum atomic E-state index is 13.3. The minimum absolute atomic E-state index is 0.188. The first-order chi connectivity index (χ1) is 17.2. The number of ether oxygens (including phenoxy) is 2. The van der Waals surface area contributed by atoms with Gasteiger partial charge in [-0.3, -0.25) is 0 Å². The van der Waals surface area contributed by atoms with Crippen LogP contribution in [0.1, 0.15) is 42.3 Å². The van der Waals surface area contributed by atoms with Gasteiger partial charge in [0, 0.05) is 41.4 Å². The van der Waals surface area contributed by atoms with Gasteiger partial charge in [0.05, 0.1) is 10.5 Å². The first-order valence-electron chi connectivity index (χ1n) is 11.2. The highest BCUT2D eigenvalue weighted by atomic mass is 35.5. The Bertz CT molecular complexity index is 1400. The molecule has 10 heteroatoms. The number of imidazole rings is 1. The number of carboxylic acids is 1. The number of benzene rings is 2. The van der Waals surface area contributed by atoms with E-state index in [4.69, 9.17) is 26.2 Å². The van der Waals surface area contributed by atoms with Crippen molar-refractivity contribution in [2.24, 2.45) is 0 Å². The molecule has 2 heterocycles. The number of aryl methyl sites for hydroxylation is 1. The smallest absolute Gasteiger partial charge is 0.388 e. The van der Waals surface area contributed by atoms with E-state index >= 15 is 0 Å². The largest absolute Gasteiger partial charge is 0.481 e. The second-order valence-corrected chi connectivity index (χ2v) is 8.91. The number of alkyl halides is 2. The quantitative estimate of drug-likeness (QED) is 0.287. The molecular formula is C26H24ClF2N3O4. The molecule has 0 aliphatic carbocycles. The molecule has 0 amide bonds. The van der Waals surface area contributed by atoms with E-state index in [1.54, 1.807) is 13.1 Å². The molecule has 2 aromatic heterocycles. The maximum Gasteiger partial charge on any atom is 0.388 e. The lowest BCUT2D eigenvalue weighted by Gasteiger charge is -2.18. The van der Waals surface area contributed by atoms with Gasteiger partial charge in [-0.15, -0.1) is 0 Å². The molecule has 0 saturated heterocycles. The van der Waals surface area contributed by atoms with Crippen LogP contribution in [0.15, 0.2) is 48.8 Å². The summed E-state index contributed by atoms with van der Waals surface area (Å²) in [6.07, 6.45) is 3.87. The molecule has 1 N–H and O–H groups in total. The highest BCUT2D eigenvalue weighted by Crippen LogP contribution is 2.38. The summed E-state index contributed by atoms with van der Waals surface area (Å²) in [6.45, 7) is 2.18. The third kappa shape index (κ3) is 5.26. The van der Waals surface area contributed by atoms with Crippen molar-refractivity contribution < 1.29 is 28.2 Å². The zero-order valence-electron chi connectivity index (χ0n) is 19.8. The highest BCUT2D eigenvalue weighted by Gasteiger charge is 2.21. The van der Waals surface area contributed by atoms with E-state index in [1.807, 2.05) is 35.0 Å². The summed E-state index contributed by atoms with van der Waals surface area (Å²) in [5.74, 6) is 0.0108. The fourth-order valence-electron chi connectivity index (χ4n) is 4.09. The van der Waals surface area contributed by atoms with Crippen LogP contribution in [0.3, 0.4) is 0 Å². The van der Waals surface area contributed by atoms with Crippen molar-refractivity contribution in [2.45, 2.75) is 39.7 Å². The van der Waals surface area contributed by atoms with Crippen LogP contribution >= 0.6 is 11.6 Å². The van der Waals surface area contributed by atoms with E-state index in [9.17, 15) is 13.6 Å². The fourth-order valence-corrected chi connectivity index (χ4v) is 4.29. The first-order valence-corrected chi connectivity index (χ1v) is 11.6. The van der Waals surface area contributed by atoms with Crippen molar-refractivity contribution in [1.29, 1.82) is 0 Å². The van der Waals surface area contributed by atoms with Gasteiger partial charge in [0.15, 0.2) is 6.61 Å². The van der Waals surface area contributed by atoms with Gasteiger partial charge in [-0.2, -0.15) is 8.78 Å². The molecule has 0 bridgehead atoms. The average molecular weight is 516 g/mol. The van der Waals surface area contributed by atoms with Crippen molar-refractivity contribution in [3.8, 4) is 17.3 Å². The lowest BCUT2D eigenvalue weighted by atomic mass is 9.97. The van der Waals surface area contributed by atoms with Crippen LogP contribution in [-0.4, -0.2) is 38.8 Å². The maximum absolute atomic E-state index is 13.3. The standard InChI is InChI=1S/C26H24ClF2N3O4/c1-14(2)24-30-10-11-32(24)17-6-4-16(5-7-17)12-18-15(3)22-20(35-13-21(33)34)9-8-19(27)23(22)31-25(18)36-26(28)29/h4-11,14,26H,12-13H2,1-3H3,(H,33,34). The second kappa shape index (κ2) is 10.5. The predicted octanol–water partition coefficient (Wildman–Crippen LogP) is 6.16. The van der Waals surface area contributed by atoms with Crippen LogP contribution in [0.25, 0.3) is 16.6 Å². The minimum atomic E-state index is -3.09. The summed E-state index contributed by atoms with van der Waals surface area (Å²) in [5.41, 5.74) is 2.92. The Morgan fingerprint density at radius 2 is 1.89 bits per heavy atom. The molecule has 7 nitrogen and oxygen atoms in total. The fraction of sp³-hybridized carbons (Fsp3) is 0.269. The van der Waals surface area contributed by atoms with Crippen molar-refractivity contribution in [1.82, 2.24) is 14.5 Å². The summed E-state index contributed by atoms with van der Waals surface area (Å²) in [5, 5.41) is 9.67. The Morgan fingerprint density at radius 1 is 1.17 bits per heavy atom. The summed E-state index contributed by atoms with van der Waals surface area (Å²) >= 11 is 6.30. The molecule has 0 aliphatic heterocycles. The van der Waals surface area contributed by atoms with E-state index in [0.29, 0.717) is 16.5 Å². The number of aromatic nitrogens is 3. The van der Waals surface area contributed by atoms with Crippen LogP contribution in [-0.2, 0) is 11.2 Å². The first kappa shape index (κ1) is 25.4. The third-order valence-electron chi connectivity index (χ3n) is 5.72. The van der Waals surface area contributed by atoms with Gasteiger partial charge in [-0.05, 0) is 42.3 Å². The highest BCUT2D eigenvalue weighted by molar-refractivity contribution is 6.35. The molecule has 188 valence electrons. The zero-order valence-corrected chi connectivity index (χ0v) is 20.6. The molecule has 0 saturated carbocycles. The molecule has 0 unspecified atom stereocenters. The van der Waals surface area contributed by atoms with Crippen LogP contribution in [0, 0.1) is 6.92 Å². The Labute approximate surface area is 211 Å². The van der Waals surface area contributed by atoms with Crippen molar-refractivity contribution in [2.75, 3.05) is 6.61 Å². The van der Waals surface area contributed by atoms with E-state index in [0.717, 1.165) is 17.1 Å². The number of hydrogen-bond acceptors (Lipinski definition) is 5. The number of halogens is 3. The number of carbonyl (C=O) groups is 1. The molecule has 4 rings (SSSR count). The number of rotatable bonds is 9. The van der Waals surface area contributed by atoms with E-state index in [1.165, 1.54) is 12.1 Å². The second-order valence-electron chi connectivity index (χ2n) is 8.50. The average Bonchev–Trinajstić information content (AvgIpc) is 3.32. The zero-order chi connectivity index (χ0) is 26.0. The molecule has 0 fully saturated rings. The number of aliphatic carboxylic acids is 1. The van der Waals surface area contributed by atoms with Crippen LogP contribution in [0.4, 0.5) is 8.78 Å². The Hall–Kier alpha value is -3.72. The number of carboxylic acid groups (broad SMARTS) is 1. The number of pyridine rings is 1. The molecule has 0 radical (unpaired) electrons. The lowest BCUT2D eigenvalue weighted by molar-refractivity contribution is -0.139. The topological polar surface area (TPSA) is 86.5 Å². The molecule has 0 spiro atoms. The van der Waals surface area contributed by atoms with Crippen LogP contribution in [0.2, 0.25) is 5.02 Å². The van der Waals surface area contributed by atoms with Gasteiger partial charge in [0.2, 0.25) is 5.88 Å². The third-order valence-corrected chi connectivity index (χ3v) is 6.03. The minimum Gasteiger partial charge on any atom is -0.481 e. The van der Waals surface area contributed by atoms with E-state index in [2.05, 4.69) is 23.8 Å². The number of hydrogen-bond donors (Lipinski definition) is 1. The van der Waals surface area contributed by atoms with Gasteiger partial charge < -0.3 is 19.1 Å². The summed E-state index contributed by atoms with van der Waals surface area (Å²) in [7, 11) is 0. The molecule has 0 aliphatic rings. The number of nitrogens with zero attached hydrogens (tertiary/aromatic N) is 3. The summed E-state index contributed by atoms with van der Waals surface area (Å²) in [6, 6.07) is 10.7. The predicted molar refractivity (Wildman–Crippen MR) is 132 cm³/mol. The molecule has 4 aromatic rings. The monoisotopic (exact) mass is 515 g/mol. The lowest BCUT2D eigenvalue weighted by Crippen LogP contribution is -2.11. The van der Waals surface area contributed by atoms with E-state index in [-0.39, 0.29) is 34.5 Å². The molecule has 0 atom stereocenters. The summed E-state index contributed by atoms with van der Waals surface area (Å²) in [4.78, 5) is 19.7. The normalized spacial score (nSPS) is 11.4.